The number of nitrogens with two attached hydrogens (primary N) is 1. The third kappa shape index (κ3) is 2.52. The van der Waals surface area contributed by atoms with E-state index in [4.69, 9.17) is 20.5 Å². The zero-order valence-electron chi connectivity index (χ0n) is 9.43. The summed E-state index contributed by atoms with van der Waals surface area (Å²) in [5.41, 5.74) is 7.35. The molecule has 0 aromatic heterocycles. The smallest absolute Gasteiger partial charge is 0.398 e. The summed E-state index contributed by atoms with van der Waals surface area (Å²) in [5, 5.41) is 7.33. The molecule has 0 bridgehead atoms. The van der Waals surface area contributed by atoms with Crippen molar-refractivity contribution in [3.8, 4) is 0 Å². The molecular weight excluding hydrogens is 216 g/mol. The van der Waals surface area contributed by atoms with E-state index in [9.17, 15) is 0 Å². The first-order chi connectivity index (χ1) is 8.24. The van der Waals surface area contributed by atoms with Gasteiger partial charge in [0.25, 0.3) is 0 Å². The molecule has 86 valence electrons. The van der Waals surface area contributed by atoms with Gasteiger partial charge < -0.3 is 19.8 Å². The van der Waals surface area contributed by atoms with Gasteiger partial charge in [0.2, 0.25) is 0 Å². The molecule has 2 aliphatic rings. The zero-order valence-corrected chi connectivity index (χ0v) is 9.43. The Balaban J connectivity index is 1.68. The van der Waals surface area contributed by atoms with E-state index in [1.807, 2.05) is 24.3 Å². The molecule has 7 heteroatoms. The molecule has 2 heterocycles. The average Bonchev–Trinajstić information content (AvgIpc) is 3.17. The fourth-order valence-electron chi connectivity index (χ4n) is 1.86. The molecule has 2 fully saturated rings. The van der Waals surface area contributed by atoms with Crippen molar-refractivity contribution < 1.29 is 9.31 Å². The molecular formula is C10H13B2N3O2. The Hall–Kier alpha value is -1.30. The molecule has 0 aliphatic carbocycles. The van der Waals surface area contributed by atoms with Crippen LogP contribution in [-0.2, 0) is 15.9 Å². The lowest BCUT2D eigenvalue weighted by Gasteiger charge is -2.15. The van der Waals surface area contributed by atoms with Gasteiger partial charge in [0.15, 0.2) is 0 Å². The summed E-state index contributed by atoms with van der Waals surface area (Å²) in [7, 11) is 0.435. The van der Waals surface area contributed by atoms with E-state index in [1.165, 1.54) is 5.56 Å². The lowest BCUT2D eigenvalue weighted by Crippen LogP contribution is -2.36. The van der Waals surface area contributed by atoms with E-state index in [0.717, 1.165) is 25.1 Å². The molecule has 5 nitrogen and oxygen atoms in total. The summed E-state index contributed by atoms with van der Waals surface area (Å²) in [6, 6.07) is 7.73. The Morgan fingerprint density at radius 3 is 2.18 bits per heavy atom. The lowest BCUT2D eigenvalue weighted by molar-refractivity contribution is 0.492. The van der Waals surface area contributed by atoms with Crippen molar-refractivity contribution >= 4 is 19.9 Å². The van der Waals surface area contributed by atoms with Crippen molar-refractivity contribution in [2.45, 2.75) is 6.54 Å². The third-order valence-electron chi connectivity index (χ3n) is 3.00. The molecule has 0 amide bonds. The quantitative estimate of drug-likeness (QED) is 0.319. The van der Waals surface area contributed by atoms with Crippen LogP contribution in [0.2, 0.25) is 0 Å². The Morgan fingerprint density at radius 1 is 1.24 bits per heavy atom. The predicted molar refractivity (Wildman–Crippen MR) is 66.4 cm³/mol. The van der Waals surface area contributed by atoms with Crippen molar-refractivity contribution in [1.82, 2.24) is 4.72 Å². The van der Waals surface area contributed by atoms with E-state index in [0.29, 0.717) is 0 Å². The van der Waals surface area contributed by atoms with Crippen LogP contribution in [-0.4, -0.2) is 37.7 Å². The highest BCUT2D eigenvalue weighted by Crippen LogP contribution is 2.22. The summed E-state index contributed by atoms with van der Waals surface area (Å²) in [6.07, 6.45) is 0. The summed E-state index contributed by atoms with van der Waals surface area (Å²) >= 11 is 0. The summed E-state index contributed by atoms with van der Waals surface area (Å²) in [5.74, 6) is 0.101. The number of nitrogen functional groups attached to an aromatic ring is 1. The molecule has 2 aliphatic heterocycles. The minimum Gasteiger partial charge on any atom is -0.424 e. The molecule has 0 saturated carbocycles. The van der Waals surface area contributed by atoms with Crippen LogP contribution in [0.15, 0.2) is 24.3 Å². The summed E-state index contributed by atoms with van der Waals surface area (Å²) in [4.78, 5) is 0. The van der Waals surface area contributed by atoms with Crippen LogP contribution in [0.1, 0.15) is 11.1 Å². The summed E-state index contributed by atoms with van der Waals surface area (Å²) in [6.45, 7) is 2.41. The number of hydrogen-bond donors (Lipinski definition) is 2. The van der Waals surface area contributed by atoms with Crippen molar-refractivity contribution in [2.75, 3.05) is 13.0 Å². The largest absolute Gasteiger partial charge is 0.424 e. The van der Waals surface area contributed by atoms with E-state index in [1.54, 1.807) is 0 Å². The van der Waals surface area contributed by atoms with Crippen molar-refractivity contribution in [2.24, 2.45) is 5.73 Å². The van der Waals surface area contributed by atoms with Gasteiger partial charge in [0.05, 0.1) is 13.0 Å². The second-order valence-electron chi connectivity index (χ2n) is 4.36. The average molecular weight is 229 g/mol. The molecule has 2 saturated heterocycles. The number of amidine groups is 1. The molecule has 0 atom stereocenters. The van der Waals surface area contributed by atoms with E-state index >= 15 is 0 Å². The van der Waals surface area contributed by atoms with Crippen LogP contribution < -0.4 is 5.73 Å². The second-order valence-corrected chi connectivity index (χ2v) is 4.36. The number of hydrogen-bond acceptors (Lipinski definition) is 4. The van der Waals surface area contributed by atoms with E-state index in [-0.39, 0.29) is 19.9 Å². The minimum atomic E-state index is 0.101. The first-order valence-corrected chi connectivity index (χ1v) is 5.66. The number of nitrogens with zero attached hydrogens (tertiary/aromatic N) is 1. The first-order valence-electron chi connectivity index (χ1n) is 5.66. The van der Waals surface area contributed by atoms with Crippen LogP contribution in [0.25, 0.3) is 0 Å². The SMILES string of the molecule is N=C(N)c1ccc(CN(B2CO2)B2CO2)cc1. The van der Waals surface area contributed by atoms with Crippen LogP contribution >= 0.6 is 0 Å². The van der Waals surface area contributed by atoms with Gasteiger partial charge >= 0.3 is 14.1 Å². The molecule has 1 aromatic carbocycles. The standard InChI is InChI=1S/C10H13B2N3O2/c13-10(14)9-3-1-8(2-4-9)5-15(11-6-16-11)12-7-17-12/h1-4H,5-7H2,(H3,13,14). The molecule has 0 unspecified atom stereocenters. The van der Waals surface area contributed by atoms with Gasteiger partial charge in [-0.1, -0.05) is 24.3 Å². The topological polar surface area (TPSA) is 78.2 Å². The molecule has 0 spiro atoms. The van der Waals surface area contributed by atoms with Crippen LogP contribution in [0.5, 0.6) is 0 Å². The van der Waals surface area contributed by atoms with Gasteiger partial charge in [0, 0.05) is 12.1 Å². The fourth-order valence-corrected chi connectivity index (χ4v) is 1.86. The van der Waals surface area contributed by atoms with Gasteiger partial charge in [-0.05, 0) is 5.56 Å². The Kier molecular flexibility index (Phi) is 2.66. The Morgan fingerprint density at radius 2 is 1.76 bits per heavy atom. The molecule has 17 heavy (non-hydrogen) atoms. The summed E-state index contributed by atoms with van der Waals surface area (Å²) < 4.78 is 12.8. The third-order valence-corrected chi connectivity index (χ3v) is 3.00. The number of nitrogens with one attached hydrogen (secondary N) is 1. The highest BCUT2D eigenvalue weighted by Gasteiger charge is 2.49. The zero-order chi connectivity index (χ0) is 11.8. The maximum Gasteiger partial charge on any atom is 0.398 e. The molecule has 3 N–H and O–H groups in total. The highest BCUT2D eigenvalue weighted by molar-refractivity contribution is 6.73. The molecule has 0 radical (unpaired) electrons. The number of rotatable bonds is 5. The predicted octanol–water partition coefficient (Wildman–Crippen LogP) is -0.112. The van der Waals surface area contributed by atoms with E-state index in [2.05, 4.69) is 4.72 Å². The van der Waals surface area contributed by atoms with Crippen LogP contribution in [0.4, 0.5) is 0 Å². The van der Waals surface area contributed by atoms with Gasteiger partial charge in [-0.15, -0.1) is 0 Å². The van der Waals surface area contributed by atoms with Crippen LogP contribution in [0.3, 0.4) is 0 Å². The highest BCUT2D eigenvalue weighted by atomic mass is 16.5. The van der Waals surface area contributed by atoms with Crippen molar-refractivity contribution in [1.29, 1.82) is 5.41 Å². The van der Waals surface area contributed by atoms with Gasteiger partial charge in [-0.25, -0.2) is 0 Å². The maximum atomic E-state index is 7.33. The van der Waals surface area contributed by atoms with Crippen molar-refractivity contribution in [3.63, 3.8) is 0 Å². The van der Waals surface area contributed by atoms with Gasteiger partial charge in [-0.3, -0.25) is 5.41 Å². The van der Waals surface area contributed by atoms with Crippen LogP contribution in [0, 0.1) is 5.41 Å². The lowest BCUT2D eigenvalue weighted by atomic mass is 9.76. The molecule has 1 aromatic rings. The number of benzene rings is 1. The normalized spacial score (nSPS) is 17.5. The fraction of sp³-hybridized carbons (Fsp3) is 0.300. The van der Waals surface area contributed by atoms with E-state index < -0.39 is 0 Å². The maximum absolute atomic E-state index is 7.33. The van der Waals surface area contributed by atoms with Gasteiger partial charge in [-0.2, -0.15) is 0 Å². The monoisotopic (exact) mass is 229 g/mol. The Labute approximate surface area is 101 Å². The molecule has 3 rings (SSSR count). The Bertz CT molecular complexity index is 420. The first kappa shape index (κ1) is 10.8. The van der Waals surface area contributed by atoms with Crippen molar-refractivity contribution in [3.05, 3.63) is 35.4 Å². The second kappa shape index (κ2) is 4.18. The van der Waals surface area contributed by atoms with Gasteiger partial charge in [0.1, 0.15) is 5.84 Å². The minimum absolute atomic E-state index is 0.101.